The summed E-state index contributed by atoms with van der Waals surface area (Å²) in [4.78, 5) is 0. The molecule has 0 aliphatic rings. The van der Waals surface area contributed by atoms with Crippen LogP contribution in [0.25, 0.3) is 0 Å². The molecule has 0 N–H and O–H groups in total. The van der Waals surface area contributed by atoms with Gasteiger partial charge in [0.15, 0.2) is 0 Å². The second kappa shape index (κ2) is 6.60. The van der Waals surface area contributed by atoms with Gasteiger partial charge in [-0.15, -0.1) is 0 Å². The van der Waals surface area contributed by atoms with Gasteiger partial charge in [0.25, 0.3) is 0 Å². The van der Waals surface area contributed by atoms with Crippen LogP contribution in [-0.4, -0.2) is 5.33 Å². The lowest BCUT2D eigenvalue weighted by atomic mass is 10.0. The number of hydrogen-bond donors (Lipinski definition) is 0. The molecule has 0 radical (unpaired) electrons. The third kappa shape index (κ3) is 6.36. The normalized spacial score (nSPS) is 13.7. The molecule has 0 heterocycles. The van der Waals surface area contributed by atoms with Gasteiger partial charge < -0.3 is 0 Å². The zero-order chi connectivity index (χ0) is 7.11. The van der Waals surface area contributed by atoms with Crippen molar-refractivity contribution in [1.82, 2.24) is 0 Å². The second-order valence-corrected chi connectivity index (χ2v) is 3.52. The monoisotopic (exact) mass is 192 g/mol. The molecule has 0 saturated carbocycles. The average Bonchev–Trinajstić information content (AvgIpc) is 1.85. The molecular formula is C8H17Br. The van der Waals surface area contributed by atoms with E-state index in [1.807, 2.05) is 0 Å². The van der Waals surface area contributed by atoms with Crippen molar-refractivity contribution in [1.29, 1.82) is 0 Å². The Bertz CT molecular complexity index is 52.5. The van der Waals surface area contributed by atoms with Crippen molar-refractivity contribution in [2.24, 2.45) is 5.92 Å². The highest BCUT2D eigenvalue weighted by Crippen LogP contribution is 2.12. The summed E-state index contributed by atoms with van der Waals surface area (Å²) in [6.07, 6.45) is 5.48. The van der Waals surface area contributed by atoms with Gasteiger partial charge in [0.05, 0.1) is 0 Å². The lowest BCUT2D eigenvalue weighted by Crippen LogP contribution is -1.94. The van der Waals surface area contributed by atoms with E-state index in [-0.39, 0.29) is 0 Å². The van der Waals surface area contributed by atoms with Gasteiger partial charge in [-0.05, 0) is 12.3 Å². The first kappa shape index (κ1) is 9.48. The van der Waals surface area contributed by atoms with E-state index < -0.39 is 0 Å². The van der Waals surface area contributed by atoms with Crippen LogP contribution >= 0.6 is 15.9 Å². The highest BCUT2D eigenvalue weighted by atomic mass is 79.9. The SMILES string of the molecule is CCCC[C@@H](C)CCBr. The molecule has 0 nitrogen and oxygen atoms in total. The predicted octanol–water partition coefficient (Wildman–Crippen LogP) is 3.60. The van der Waals surface area contributed by atoms with Gasteiger partial charge in [-0.2, -0.15) is 0 Å². The van der Waals surface area contributed by atoms with Gasteiger partial charge in [-0.1, -0.05) is 49.0 Å². The number of halogens is 1. The van der Waals surface area contributed by atoms with Crippen LogP contribution in [0.3, 0.4) is 0 Å². The Morgan fingerprint density at radius 3 is 2.44 bits per heavy atom. The molecule has 1 atom stereocenters. The molecule has 0 fully saturated rings. The molecule has 0 aliphatic heterocycles. The van der Waals surface area contributed by atoms with E-state index in [9.17, 15) is 0 Å². The van der Waals surface area contributed by atoms with Gasteiger partial charge in [-0.3, -0.25) is 0 Å². The van der Waals surface area contributed by atoms with Crippen LogP contribution in [0.4, 0.5) is 0 Å². The summed E-state index contributed by atoms with van der Waals surface area (Å²) < 4.78 is 0. The predicted molar refractivity (Wildman–Crippen MR) is 47.1 cm³/mol. The van der Waals surface area contributed by atoms with Crippen LogP contribution in [0.5, 0.6) is 0 Å². The summed E-state index contributed by atoms with van der Waals surface area (Å²) in [5.74, 6) is 0.921. The Morgan fingerprint density at radius 1 is 1.33 bits per heavy atom. The summed E-state index contributed by atoms with van der Waals surface area (Å²) in [5.41, 5.74) is 0. The molecule has 0 aliphatic carbocycles. The molecule has 9 heavy (non-hydrogen) atoms. The van der Waals surface area contributed by atoms with E-state index >= 15 is 0 Å². The lowest BCUT2D eigenvalue weighted by molar-refractivity contribution is 0.496. The summed E-state index contributed by atoms with van der Waals surface area (Å²) in [7, 11) is 0. The maximum atomic E-state index is 3.44. The van der Waals surface area contributed by atoms with Gasteiger partial charge in [0.1, 0.15) is 0 Å². The lowest BCUT2D eigenvalue weighted by Gasteiger charge is -2.06. The minimum Gasteiger partial charge on any atom is -0.0928 e. The molecule has 0 bridgehead atoms. The van der Waals surface area contributed by atoms with Crippen molar-refractivity contribution in [3.05, 3.63) is 0 Å². The Labute approximate surface area is 67.2 Å². The van der Waals surface area contributed by atoms with Crippen LogP contribution < -0.4 is 0 Å². The molecular weight excluding hydrogens is 176 g/mol. The second-order valence-electron chi connectivity index (χ2n) is 2.73. The first-order chi connectivity index (χ1) is 4.31. The highest BCUT2D eigenvalue weighted by molar-refractivity contribution is 9.09. The summed E-state index contributed by atoms with van der Waals surface area (Å²) in [6.45, 7) is 4.58. The Kier molecular flexibility index (Phi) is 6.95. The van der Waals surface area contributed by atoms with Crippen molar-refractivity contribution in [2.75, 3.05) is 5.33 Å². The van der Waals surface area contributed by atoms with E-state index in [2.05, 4.69) is 29.8 Å². The maximum absolute atomic E-state index is 3.44. The van der Waals surface area contributed by atoms with Crippen LogP contribution in [0.1, 0.15) is 39.5 Å². The Balaban J connectivity index is 2.95. The average molecular weight is 193 g/mol. The van der Waals surface area contributed by atoms with Gasteiger partial charge in [0, 0.05) is 5.33 Å². The maximum Gasteiger partial charge on any atom is 0.00338 e. The Hall–Kier alpha value is 0.480. The van der Waals surface area contributed by atoms with Gasteiger partial charge >= 0.3 is 0 Å². The summed E-state index contributed by atoms with van der Waals surface area (Å²) in [6, 6.07) is 0. The third-order valence-electron chi connectivity index (χ3n) is 1.65. The first-order valence-corrected chi connectivity index (χ1v) is 4.99. The largest absolute Gasteiger partial charge is 0.0928 e. The molecule has 0 saturated heterocycles. The molecule has 0 aromatic heterocycles. The van der Waals surface area contributed by atoms with Crippen LogP contribution in [0, 0.1) is 5.92 Å². The summed E-state index contributed by atoms with van der Waals surface area (Å²) >= 11 is 3.44. The van der Waals surface area contributed by atoms with Crippen LogP contribution in [0.2, 0.25) is 0 Å². The first-order valence-electron chi connectivity index (χ1n) is 3.87. The highest BCUT2D eigenvalue weighted by Gasteiger charge is 1.97. The molecule has 0 amide bonds. The van der Waals surface area contributed by atoms with Crippen molar-refractivity contribution >= 4 is 15.9 Å². The molecule has 56 valence electrons. The fourth-order valence-electron chi connectivity index (χ4n) is 0.883. The van der Waals surface area contributed by atoms with E-state index in [0.29, 0.717) is 0 Å². The number of rotatable bonds is 5. The van der Waals surface area contributed by atoms with Crippen LogP contribution in [0.15, 0.2) is 0 Å². The topological polar surface area (TPSA) is 0 Å². The minimum atomic E-state index is 0.921. The van der Waals surface area contributed by atoms with Gasteiger partial charge in [-0.25, -0.2) is 0 Å². The van der Waals surface area contributed by atoms with Crippen molar-refractivity contribution < 1.29 is 0 Å². The fraction of sp³-hybridized carbons (Fsp3) is 1.00. The van der Waals surface area contributed by atoms with E-state index in [0.717, 1.165) is 11.2 Å². The molecule has 1 heteroatoms. The van der Waals surface area contributed by atoms with E-state index in [1.165, 1.54) is 25.7 Å². The van der Waals surface area contributed by atoms with Crippen molar-refractivity contribution in [3.8, 4) is 0 Å². The molecule has 0 spiro atoms. The van der Waals surface area contributed by atoms with Gasteiger partial charge in [0.2, 0.25) is 0 Å². The zero-order valence-electron chi connectivity index (χ0n) is 6.49. The fourth-order valence-corrected chi connectivity index (χ4v) is 1.66. The van der Waals surface area contributed by atoms with E-state index in [1.54, 1.807) is 0 Å². The quantitative estimate of drug-likeness (QED) is 0.585. The third-order valence-corrected chi connectivity index (χ3v) is 2.11. The van der Waals surface area contributed by atoms with E-state index in [4.69, 9.17) is 0 Å². The number of hydrogen-bond acceptors (Lipinski definition) is 0. The minimum absolute atomic E-state index is 0.921. The summed E-state index contributed by atoms with van der Waals surface area (Å²) in [5, 5.41) is 1.16. The van der Waals surface area contributed by atoms with Crippen molar-refractivity contribution in [3.63, 3.8) is 0 Å². The molecule has 0 rings (SSSR count). The Morgan fingerprint density at radius 2 is 2.00 bits per heavy atom. The number of unbranched alkanes of at least 4 members (excludes halogenated alkanes) is 1. The smallest absolute Gasteiger partial charge is 0.00338 e. The molecule has 0 unspecified atom stereocenters. The molecule has 0 aromatic carbocycles. The van der Waals surface area contributed by atoms with Crippen molar-refractivity contribution in [2.45, 2.75) is 39.5 Å². The number of alkyl halides is 1. The molecule has 0 aromatic rings. The van der Waals surface area contributed by atoms with Crippen LogP contribution in [-0.2, 0) is 0 Å². The standard InChI is InChI=1S/C8H17Br/c1-3-4-5-8(2)6-7-9/h8H,3-7H2,1-2H3/t8-/m1/s1. The zero-order valence-corrected chi connectivity index (χ0v) is 8.08.